The molecule has 0 aromatic heterocycles. The minimum atomic E-state index is 0.0110. The molecule has 1 aliphatic heterocycles. The first-order valence-electron chi connectivity index (χ1n) is 17.6. The van der Waals surface area contributed by atoms with Gasteiger partial charge < -0.3 is 14.8 Å². The highest BCUT2D eigenvalue weighted by Gasteiger charge is 2.18. The Balaban J connectivity index is 0.00000142. The first-order valence-corrected chi connectivity index (χ1v) is 18.0. The molecule has 0 aliphatic carbocycles. The summed E-state index contributed by atoms with van der Waals surface area (Å²) >= 11 is 6.53. The van der Waals surface area contributed by atoms with Crippen molar-refractivity contribution in [2.45, 2.75) is 102 Å². The van der Waals surface area contributed by atoms with Crippen molar-refractivity contribution >= 4 is 40.6 Å². The molecular weight excluding hydrogens is 624 g/mol. The van der Waals surface area contributed by atoms with Gasteiger partial charge in [0.1, 0.15) is 24.2 Å². The van der Waals surface area contributed by atoms with Crippen molar-refractivity contribution in [2.75, 3.05) is 5.32 Å². The van der Waals surface area contributed by atoms with Gasteiger partial charge in [0.25, 0.3) is 0 Å². The summed E-state index contributed by atoms with van der Waals surface area (Å²) in [6.07, 6.45) is 14.0. The summed E-state index contributed by atoms with van der Waals surface area (Å²) in [6.45, 7) is 30.8. The van der Waals surface area contributed by atoms with Gasteiger partial charge in [-0.3, -0.25) is 4.99 Å². The van der Waals surface area contributed by atoms with E-state index in [-0.39, 0.29) is 6.10 Å². The number of halogens is 1. The van der Waals surface area contributed by atoms with Crippen molar-refractivity contribution in [1.82, 2.24) is 0 Å². The standard InChI is InChI=1S/C30H29ClN2O2.C8H14.3C2H6/c1-5-25-12-15-29(35-25)23-10-13-28(32-6-2)26(17-23)21(4)33-24-11-14-30(27(31)18-24)34-19-22-9-7-8-20(3)16-22;1-4-6-7-8(3)5-2;3*1-2/h5-11,13-18,25,33H,1,4,12,19H2,2-3H3;5-7H,4H2,1-3H3;3*1-2H3/b;7-6-,8-5-;;;. The van der Waals surface area contributed by atoms with Crippen molar-refractivity contribution in [3.05, 3.63) is 137 Å². The molecule has 4 nitrogen and oxygen atoms in total. The monoisotopic (exact) mass is 684 g/mol. The number of nitrogens with zero attached hydrogens (tertiary/aromatic N) is 1. The highest BCUT2D eigenvalue weighted by atomic mass is 35.5. The van der Waals surface area contributed by atoms with E-state index in [1.54, 1.807) is 6.21 Å². The molecule has 0 saturated heterocycles. The van der Waals surface area contributed by atoms with Crippen molar-refractivity contribution in [3.8, 4) is 5.75 Å². The van der Waals surface area contributed by atoms with Gasteiger partial charge in [-0.1, -0.05) is 133 Å². The molecule has 3 aromatic carbocycles. The summed E-state index contributed by atoms with van der Waals surface area (Å²) in [5.41, 5.74) is 7.81. The van der Waals surface area contributed by atoms with Gasteiger partial charge in [-0.05, 0) is 82.2 Å². The lowest BCUT2D eigenvalue weighted by atomic mass is 10.0. The quantitative estimate of drug-likeness (QED) is 0.124. The molecule has 3 aromatic rings. The SMILES string of the molecule is C/C=C(C)\C=C/CC.C=CC1CC=C(c2ccc(N=CC)c(C(=C)Nc3ccc(OCc4cccc(C)c4)c(Cl)c3)c2)O1.CC.CC.CC. The highest BCUT2D eigenvalue weighted by Crippen LogP contribution is 2.35. The molecule has 1 N–H and O–H groups in total. The average Bonchev–Trinajstić information content (AvgIpc) is 3.63. The molecule has 0 fully saturated rings. The first-order chi connectivity index (χ1) is 23.8. The van der Waals surface area contributed by atoms with Crippen molar-refractivity contribution in [1.29, 1.82) is 0 Å². The third kappa shape index (κ3) is 16.1. The number of hydrogen-bond acceptors (Lipinski definition) is 4. The fourth-order valence-corrected chi connectivity index (χ4v) is 4.53. The Morgan fingerprint density at radius 2 is 1.73 bits per heavy atom. The summed E-state index contributed by atoms with van der Waals surface area (Å²) in [4.78, 5) is 4.51. The second-order valence-electron chi connectivity index (χ2n) is 10.2. The van der Waals surface area contributed by atoms with E-state index in [9.17, 15) is 0 Å². The number of rotatable bonds is 11. The van der Waals surface area contributed by atoms with Crippen molar-refractivity contribution in [2.24, 2.45) is 4.99 Å². The van der Waals surface area contributed by atoms with Crippen LogP contribution in [0, 0.1) is 6.92 Å². The number of nitrogens with one attached hydrogen (secondary N) is 1. The van der Waals surface area contributed by atoms with Crippen LogP contribution in [-0.4, -0.2) is 12.3 Å². The van der Waals surface area contributed by atoms with Crippen LogP contribution in [0.3, 0.4) is 0 Å². The molecule has 1 aliphatic rings. The van der Waals surface area contributed by atoms with Crippen LogP contribution in [0.1, 0.15) is 104 Å². The average molecular weight is 685 g/mol. The fraction of sp³-hybridized carbons (Fsp3) is 0.341. The molecule has 0 saturated carbocycles. The number of anilines is 1. The molecule has 0 bridgehead atoms. The largest absolute Gasteiger partial charge is 0.487 e. The maximum atomic E-state index is 6.53. The minimum absolute atomic E-state index is 0.0110. The molecule has 0 spiro atoms. The Morgan fingerprint density at radius 3 is 2.31 bits per heavy atom. The molecule has 5 heteroatoms. The van der Waals surface area contributed by atoms with E-state index in [0.717, 1.165) is 46.7 Å². The molecule has 1 unspecified atom stereocenters. The maximum Gasteiger partial charge on any atom is 0.138 e. The number of aryl methyl sites for hydroxylation is 1. The molecular formula is C44H61ClN2O2. The molecule has 266 valence electrons. The highest BCUT2D eigenvalue weighted by molar-refractivity contribution is 6.32. The molecule has 4 rings (SSSR count). The van der Waals surface area contributed by atoms with Gasteiger partial charge >= 0.3 is 0 Å². The number of allylic oxidation sites excluding steroid dienone is 4. The van der Waals surface area contributed by atoms with Crippen molar-refractivity contribution < 1.29 is 9.47 Å². The predicted octanol–water partition coefficient (Wildman–Crippen LogP) is 14.3. The van der Waals surface area contributed by atoms with E-state index in [0.29, 0.717) is 23.1 Å². The topological polar surface area (TPSA) is 42.9 Å². The first kappa shape index (κ1) is 44.7. The van der Waals surface area contributed by atoms with Crippen LogP contribution in [0.25, 0.3) is 11.5 Å². The van der Waals surface area contributed by atoms with Crippen LogP contribution >= 0.6 is 11.6 Å². The molecule has 0 radical (unpaired) electrons. The normalized spacial score (nSPS) is 13.2. The number of ether oxygens (including phenoxy) is 2. The predicted molar refractivity (Wildman–Crippen MR) is 220 cm³/mol. The Morgan fingerprint density at radius 1 is 1.02 bits per heavy atom. The summed E-state index contributed by atoms with van der Waals surface area (Å²) < 4.78 is 11.9. The van der Waals surface area contributed by atoms with Gasteiger partial charge in [-0.25, -0.2) is 0 Å². The molecule has 49 heavy (non-hydrogen) atoms. The fourth-order valence-electron chi connectivity index (χ4n) is 4.30. The molecule has 1 atom stereocenters. The molecule has 0 amide bonds. The van der Waals surface area contributed by atoms with Crippen LogP contribution in [0.4, 0.5) is 11.4 Å². The lowest BCUT2D eigenvalue weighted by Crippen LogP contribution is -2.02. The lowest BCUT2D eigenvalue weighted by Gasteiger charge is -2.16. The van der Waals surface area contributed by atoms with Crippen LogP contribution in [0.5, 0.6) is 5.75 Å². The Bertz CT molecular complexity index is 1530. The number of hydrogen-bond donors (Lipinski definition) is 1. The van der Waals surface area contributed by atoms with E-state index in [1.807, 2.05) is 103 Å². The van der Waals surface area contributed by atoms with E-state index < -0.39 is 0 Å². The third-order valence-corrected chi connectivity index (χ3v) is 7.02. The number of benzene rings is 3. The van der Waals surface area contributed by atoms with Crippen molar-refractivity contribution in [3.63, 3.8) is 0 Å². The van der Waals surface area contributed by atoms with Gasteiger partial charge in [-0.2, -0.15) is 0 Å². The lowest BCUT2D eigenvalue weighted by molar-refractivity contribution is 0.238. The van der Waals surface area contributed by atoms with Gasteiger partial charge in [0.2, 0.25) is 0 Å². The third-order valence-electron chi connectivity index (χ3n) is 6.73. The number of aliphatic imine (C=N–C) groups is 1. The summed E-state index contributed by atoms with van der Waals surface area (Å²) in [7, 11) is 0. The van der Waals surface area contributed by atoms with E-state index in [2.05, 4.69) is 87.6 Å². The van der Waals surface area contributed by atoms with E-state index in [1.165, 1.54) is 11.1 Å². The summed E-state index contributed by atoms with van der Waals surface area (Å²) in [5.74, 6) is 1.47. The van der Waals surface area contributed by atoms with Crippen LogP contribution in [0.15, 0.2) is 115 Å². The van der Waals surface area contributed by atoms with Crippen LogP contribution < -0.4 is 10.1 Å². The maximum absolute atomic E-state index is 6.53. The second kappa shape index (κ2) is 26.6. The van der Waals surface area contributed by atoms with Gasteiger partial charge in [0.05, 0.1) is 10.7 Å². The van der Waals surface area contributed by atoms with E-state index >= 15 is 0 Å². The second-order valence-corrected chi connectivity index (χ2v) is 10.6. The minimum Gasteiger partial charge on any atom is -0.487 e. The molecule has 1 heterocycles. The smallest absolute Gasteiger partial charge is 0.138 e. The van der Waals surface area contributed by atoms with Crippen LogP contribution in [0.2, 0.25) is 5.02 Å². The Kier molecular flexibility index (Phi) is 24.3. The van der Waals surface area contributed by atoms with Gasteiger partial charge in [-0.15, -0.1) is 0 Å². The zero-order valence-corrected chi connectivity index (χ0v) is 32.7. The zero-order valence-electron chi connectivity index (χ0n) is 32.0. The van der Waals surface area contributed by atoms with Crippen LogP contribution in [-0.2, 0) is 11.3 Å². The van der Waals surface area contributed by atoms with E-state index in [4.69, 9.17) is 21.1 Å². The Hall–Kier alpha value is -4.28. The van der Waals surface area contributed by atoms with Gasteiger partial charge in [0, 0.05) is 35.1 Å². The summed E-state index contributed by atoms with van der Waals surface area (Å²) in [5, 5.41) is 3.88. The zero-order chi connectivity index (χ0) is 37.2. The van der Waals surface area contributed by atoms with Gasteiger partial charge in [0.15, 0.2) is 0 Å². The Labute approximate surface area is 304 Å². The summed E-state index contributed by atoms with van der Waals surface area (Å²) in [6, 6.07) is 19.9.